The minimum Gasteiger partial charge on any atom is -0.493 e. The van der Waals surface area contributed by atoms with E-state index in [1.54, 1.807) is 28.4 Å². The van der Waals surface area contributed by atoms with Crippen molar-refractivity contribution < 1.29 is 18.9 Å². The molecule has 0 spiro atoms. The monoisotopic (exact) mass is 357 g/mol. The van der Waals surface area contributed by atoms with E-state index in [2.05, 4.69) is 29.2 Å². The van der Waals surface area contributed by atoms with Crippen molar-refractivity contribution in [2.45, 2.75) is 19.4 Å². The van der Waals surface area contributed by atoms with Crippen LogP contribution in [0.3, 0.4) is 0 Å². The molecule has 0 radical (unpaired) electrons. The Labute approximate surface area is 155 Å². The van der Waals surface area contributed by atoms with E-state index in [1.807, 2.05) is 6.07 Å². The smallest absolute Gasteiger partial charge is 0.207 e. The van der Waals surface area contributed by atoms with E-state index >= 15 is 0 Å². The Kier molecular flexibility index (Phi) is 5.89. The molecule has 0 unspecified atom stereocenters. The lowest BCUT2D eigenvalue weighted by Gasteiger charge is -2.29. The molecule has 26 heavy (non-hydrogen) atoms. The summed E-state index contributed by atoms with van der Waals surface area (Å²) in [5.74, 6) is 2.50. The quantitative estimate of drug-likeness (QED) is 0.760. The van der Waals surface area contributed by atoms with Crippen molar-refractivity contribution in [3.63, 3.8) is 0 Å². The normalized spacial score (nSPS) is 13.8. The second-order valence-electron chi connectivity index (χ2n) is 6.38. The zero-order valence-corrected chi connectivity index (χ0v) is 16.0. The molecule has 1 heterocycles. The van der Waals surface area contributed by atoms with Crippen LogP contribution in [0, 0.1) is 0 Å². The first-order chi connectivity index (χ1) is 12.7. The lowest BCUT2D eigenvalue weighted by molar-refractivity contribution is 0.255. The third-order valence-electron chi connectivity index (χ3n) is 4.97. The summed E-state index contributed by atoms with van der Waals surface area (Å²) in [7, 11) is 6.51. The Balaban J connectivity index is 1.79. The Morgan fingerprint density at radius 1 is 0.846 bits per heavy atom. The van der Waals surface area contributed by atoms with Gasteiger partial charge in [0, 0.05) is 25.2 Å². The zero-order valence-electron chi connectivity index (χ0n) is 16.0. The maximum atomic E-state index is 5.63. The van der Waals surface area contributed by atoms with Crippen molar-refractivity contribution in [3.05, 3.63) is 47.0 Å². The van der Waals surface area contributed by atoms with Gasteiger partial charge in [0.2, 0.25) is 11.5 Å². The molecule has 2 aromatic carbocycles. The van der Waals surface area contributed by atoms with Gasteiger partial charge in [-0.3, -0.25) is 4.90 Å². The maximum absolute atomic E-state index is 5.63. The summed E-state index contributed by atoms with van der Waals surface area (Å²) in [6.07, 6.45) is 1.95. The minimum atomic E-state index is 0.558. The van der Waals surface area contributed by atoms with Crippen LogP contribution in [0.4, 0.5) is 0 Å². The van der Waals surface area contributed by atoms with Gasteiger partial charge in [-0.2, -0.15) is 0 Å². The van der Waals surface area contributed by atoms with E-state index in [1.165, 1.54) is 11.1 Å². The fourth-order valence-corrected chi connectivity index (χ4v) is 3.61. The molecule has 3 rings (SSSR count). The fourth-order valence-electron chi connectivity index (χ4n) is 3.61. The molecule has 0 saturated heterocycles. The number of rotatable bonds is 7. The molecule has 0 amide bonds. The van der Waals surface area contributed by atoms with Gasteiger partial charge >= 0.3 is 0 Å². The van der Waals surface area contributed by atoms with Crippen LogP contribution in [0.5, 0.6) is 23.0 Å². The molecule has 0 N–H and O–H groups in total. The Morgan fingerprint density at radius 3 is 2.19 bits per heavy atom. The van der Waals surface area contributed by atoms with E-state index < -0.39 is 0 Å². The number of fused-ring (bicyclic) bond motifs is 1. The van der Waals surface area contributed by atoms with Crippen LogP contribution in [0.1, 0.15) is 16.7 Å². The van der Waals surface area contributed by atoms with Gasteiger partial charge in [0.05, 0.1) is 28.4 Å². The Hall–Kier alpha value is -2.40. The van der Waals surface area contributed by atoms with Crippen LogP contribution in [-0.4, -0.2) is 46.4 Å². The number of methoxy groups -OCH3 is 4. The molecule has 0 aromatic heterocycles. The topological polar surface area (TPSA) is 40.2 Å². The summed E-state index contributed by atoms with van der Waals surface area (Å²) >= 11 is 0. The van der Waals surface area contributed by atoms with Crippen molar-refractivity contribution in [1.29, 1.82) is 0 Å². The summed E-state index contributed by atoms with van der Waals surface area (Å²) in [6, 6.07) is 10.7. The number of nitrogens with zero attached hydrogens (tertiary/aromatic N) is 1. The molecule has 0 fully saturated rings. The lowest BCUT2D eigenvalue weighted by atomic mass is 9.99. The predicted molar refractivity (Wildman–Crippen MR) is 102 cm³/mol. The van der Waals surface area contributed by atoms with E-state index in [0.717, 1.165) is 38.0 Å². The van der Waals surface area contributed by atoms with Crippen LogP contribution >= 0.6 is 0 Å². The second-order valence-corrected chi connectivity index (χ2v) is 6.38. The molecule has 0 atom stereocenters. The van der Waals surface area contributed by atoms with Gasteiger partial charge in [-0.05, 0) is 30.0 Å². The molecule has 140 valence electrons. The molecule has 1 aliphatic rings. The molecule has 0 saturated carbocycles. The Bertz CT molecular complexity index is 760. The number of benzene rings is 2. The van der Waals surface area contributed by atoms with E-state index in [9.17, 15) is 0 Å². The Morgan fingerprint density at radius 2 is 1.54 bits per heavy atom. The molecule has 5 heteroatoms. The van der Waals surface area contributed by atoms with E-state index in [0.29, 0.717) is 23.0 Å². The zero-order chi connectivity index (χ0) is 18.5. The molecule has 1 aliphatic heterocycles. The van der Waals surface area contributed by atoms with E-state index in [4.69, 9.17) is 18.9 Å². The van der Waals surface area contributed by atoms with Gasteiger partial charge < -0.3 is 18.9 Å². The largest absolute Gasteiger partial charge is 0.493 e. The molecule has 0 aliphatic carbocycles. The van der Waals surface area contributed by atoms with Gasteiger partial charge in [-0.15, -0.1) is 0 Å². The van der Waals surface area contributed by atoms with Gasteiger partial charge in [0.15, 0.2) is 11.5 Å². The maximum Gasteiger partial charge on any atom is 0.207 e. The van der Waals surface area contributed by atoms with Crippen LogP contribution in [0.2, 0.25) is 0 Å². The third kappa shape index (κ3) is 3.58. The average molecular weight is 357 g/mol. The molecule has 2 aromatic rings. The van der Waals surface area contributed by atoms with Crippen LogP contribution in [0.15, 0.2) is 30.3 Å². The highest BCUT2D eigenvalue weighted by Crippen LogP contribution is 2.46. The van der Waals surface area contributed by atoms with Crippen LogP contribution in [-0.2, 0) is 19.4 Å². The van der Waals surface area contributed by atoms with Crippen molar-refractivity contribution in [3.8, 4) is 23.0 Å². The standard InChI is InChI=1S/C21H27NO4/c1-23-18-13-16(19(24-2)21(26-4)20(18)25-3)10-12-22-11-9-15-7-5-6-8-17(15)14-22/h5-8,13H,9-12,14H2,1-4H3. The highest BCUT2D eigenvalue weighted by molar-refractivity contribution is 5.63. The van der Waals surface area contributed by atoms with Crippen LogP contribution < -0.4 is 18.9 Å². The first-order valence-electron chi connectivity index (χ1n) is 8.86. The summed E-state index contributed by atoms with van der Waals surface area (Å²) in [5, 5.41) is 0. The number of hydrogen-bond donors (Lipinski definition) is 0. The lowest BCUT2D eigenvalue weighted by Crippen LogP contribution is -2.32. The molecular formula is C21H27NO4. The summed E-state index contributed by atoms with van der Waals surface area (Å²) in [4.78, 5) is 2.48. The van der Waals surface area contributed by atoms with Gasteiger partial charge in [-0.25, -0.2) is 0 Å². The van der Waals surface area contributed by atoms with Crippen molar-refractivity contribution >= 4 is 0 Å². The number of ether oxygens (including phenoxy) is 4. The highest BCUT2D eigenvalue weighted by atomic mass is 16.5. The third-order valence-corrected chi connectivity index (χ3v) is 4.97. The van der Waals surface area contributed by atoms with Gasteiger partial charge in [0.1, 0.15) is 0 Å². The first kappa shape index (κ1) is 18.4. The second kappa shape index (κ2) is 8.32. The predicted octanol–water partition coefficient (Wildman–Crippen LogP) is 3.32. The molecule has 0 bridgehead atoms. The van der Waals surface area contributed by atoms with Crippen molar-refractivity contribution in [2.24, 2.45) is 0 Å². The van der Waals surface area contributed by atoms with Crippen molar-refractivity contribution in [2.75, 3.05) is 41.5 Å². The van der Waals surface area contributed by atoms with E-state index in [-0.39, 0.29) is 0 Å². The summed E-state index contributed by atoms with van der Waals surface area (Å²) < 4.78 is 22.1. The summed E-state index contributed by atoms with van der Waals surface area (Å²) in [6.45, 7) is 3.01. The molecule has 5 nitrogen and oxygen atoms in total. The van der Waals surface area contributed by atoms with Crippen LogP contribution in [0.25, 0.3) is 0 Å². The molecular weight excluding hydrogens is 330 g/mol. The van der Waals surface area contributed by atoms with Gasteiger partial charge in [-0.1, -0.05) is 24.3 Å². The summed E-state index contributed by atoms with van der Waals surface area (Å²) in [5.41, 5.74) is 3.95. The van der Waals surface area contributed by atoms with Crippen molar-refractivity contribution in [1.82, 2.24) is 4.90 Å². The number of hydrogen-bond acceptors (Lipinski definition) is 5. The average Bonchev–Trinajstić information content (AvgIpc) is 2.70. The van der Waals surface area contributed by atoms with Gasteiger partial charge in [0.25, 0.3) is 0 Å². The minimum absolute atomic E-state index is 0.558. The fraction of sp³-hybridized carbons (Fsp3) is 0.429. The first-order valence-corrected chi connectivity index (χ1v) is 8.86. The highest BCUT2D eigenvalue weighted by Gasteiger charge is 2.22. The SMILES string of the molecule is COc1cc(CCN2CCc3ccccc3C2)c(OC)c(OC)c1OC.